The third kappa shape index (κ3) is 4.98. The molecule has 13 heteroatoms. The van der Waals surface area contributed by atoms with E-state index in [1.54, 1.807) is 32.0 Å². The lowest BCUT2D eigenvalue weighted by Gasteiger charge is -2.20. The number of hydrogen-bond acceptors (Lipinski definition) is 7. The van der Waals surface area contributed by atoms with E-state index < -0.39 is 44.5 Å². The molecule has 0 radical (unpaired) electrons. The molecule has 2 atom stereocenters. The second-order valence-electron chi connectivity index (χ2n) is 7.82. The standard InChI is InChI=1S/C22H20ClF2N7O2S/c1-12-6-4-9-18(28-12)21-29-30-22(32(21)19-16(24)7-5-8-17(19)25)31-35(33,34)14(3)13(2)20-26-10-15(23)11-27-20/h4-11,13-14H,1-3H3,(H,30,31)/t13-,14-/m0/s1. The molecule has 0 aliphatic carbocycles. The third-order valence-corrected chi connectivity index (χ3v) is 7.47. The van der Waals surface area contributed by atoms with Crippen LogP contribution >= 0.6 is 11.6 Å². The molecule has 4 rings (SSSR count). The molecule has 4 aromatic rings. The van der Waals surface area contributed by atoms with Crippen LogP contribution in [0.1, 0.15) is 31.3 Å². The van der Waals surface area contributed by atoms with Crippen LogP contribution in [0.3, 0.4) is 0 Å². The number of rotatable bonds is 7. The molecule has 1 aromatic carbocycles. The molecule has 0 aliphatic heterocycles. The Labute approximate surface area is 205 Å². The van der Waals surface area contributed by atoms with Gasteiger partial charge in [0.2, 0.25) is 16.0 Å². The molecule has 0 fully saturated rings. The van der Waals surface area contributed by atoms with Gasteiger partial charge in [-0.3, -0.25) is 9.29 Å². The number of aromatic nitrogens is 6. The highest BCUT2D eigenvalue weighted by Crippen LogP contribution is 2.30. The molecule has 0 saturated carbocycles. The Morgan fingerprint density at radius 2 is 1.63 bits per heavy atom. The Morgan fingerprint density at radius 1 is 1.00 bits per heavy atom. The van der Waals surface area contributed by atoms with E-state index in [0.717, 1.165) is 16.7 Å². The van der Waals surface area contributed by atoms with Gasteiger partial charge in [-0.25, -0.2) is 32.2 Å². The van der Waals surface area contributed by atoms with E-state index in [1.165, 1.54) is 25.4 Å². The highest BCUT2D eigenvalue weighted by atomic mass is 35.5. The summed E-state index contributed by atoms with van der Waals surface area (Å²) in [6.45, 7) is 4.83. The first-order valence-corrected chi connectivity index (χ1v) is 12.3. The number of hydrogen-bond donors (Lipinski definition) is 1. The summed E-state index contributed by atoms with van der Waals surface area (Å²) in [6.07, 6.45) is 2.73. The number of halogens is 3. The molecule has 3 heterocycles. The molecule has 3 aromatic heterocycles. The van der Waals surface area contributed by atoms with E-state index in [0.29, 0.717) is 10.7 Å². The van der Waals surface area contributed by atoms with E-state index in [9.17, 15) is 17.2 Å². The van der Waals surface area contributed by atoms with Crippen LogP contribution in [0.4, 0.5) is 14.7 Å². The van der Waals surface area contributed by atoms with Crippen LogP contribution in [0.2, 0.25) is 5.02 Å². The van der Waals surface area contributed by atoms with Crippen molar-refractivity contribution >= 4 is 27.6 Å². The number of anilines is 1. The van der Waals surface area contributed by atoms with Gasteiger partial charge in [0.1, 0.15) is 28.8 Å². The average Bonchev–Trinajstić information content (AvgIpc) is 3.21. The predicted octanol–water partition coefficient (Wildman–Crippen LogP) is 4.29. The van der Waals surface area contributed by atoms with Gasteiger partial charge in [-0.1, -0.05) is 30.7 Å². The van der Waals surface area contributed by atoms with Gasteiger partial charge in [-0.2, -0.15) is 0 Å². The summed E-state index contributed by atoms with van der Waals surface area (Å²) < 4.78 is 59.4. The normalized spacial score (nSPS) is 13.4. The smallest absolute Gasteiger partial charge is 0.243 e. The largest absolute Gasteiger partial charge is 0.253 e. The Bertz CT molecular complexity index is 1460. The van der Waals surface area contributed by atoms with Gasteiger partial charge < -0.3 is 0 Å². The van der Waals surface area contributed by atoms with Crippen molar-refractivity contribution in [1.29, 1.82) is 0 Å². The zero-order chi connectivity index (χ0) is 25.3. The van der Waals surface area contributed by atoms with Crippen LogP contribution in [0.15, 0.2) is 48.8 Å². The number of sulfonamides is 1. The molecular formula is C22H20ClF2N7O2S. The molecular weight excluding hydrogens is 500 g/mol. The van der Waals surface area contributed by atoms with Gasteiger partial charge in [0.05, 0.1) is 10.3 Å². The van der Waals surface area contributed by atoms with Crippen molar-refractivity contribution in [2.75, 3.05) is 4.72 Å². The van der Waals surface area contributed by atoms with Gasteiger partial charge in [0, 0.05) is 24.0 Å². The van der Waals surface area contributed by atoms with Gasteiger partial charge in [0.25, 0.3) is 0 Å². The molecule has 0 amide bonds. The van der Waals surface area contributed by atoms with E-state index in [-0.39, 0.29) is 17.3 Å². The minimum Gasteiger partial charge on any atom is -0.253 e. The van der Waals surface area contributed by atoms with Crippen molar-refractivity contribution < 1.29 is 17.2 Å². The predicted molar refractivity (Wildman–Crippen MR) is 127 cm³/mol. The van der Waals surface area contributed by atoms with Gasteiger partial charge in [0.15, 0.2) is 5.82 Å². The van der Waals surface area contributed by atoms with Crippen LogP contribution < -0.4 is 4.72 Å². The summed E-state index contributed by atoms with van der Waals surface area (Å²) in [5.74, 6) is -2.70. The Kier molecular flexibility index (Phi) is 6.77. The van der Waals surface area contributed by atoms with E-state index in [1.807, 2.05) is 0 Å². The second kappa shape index (κ2) is 9.62. The first-order valence-electron chi connectivity index (χ1n) is 10.4. The molecule has 0 saturated heterocycles. The summed E-state index contributed by atoms with van der Waals surface area (Å²) in [7, 11) is -4.16. The number of aryl methyl sites for hydroxylation is 1. The fourth-order valence-corrected chi connectivity index (χ4v) is 4.68. The highest BCUT2D eigenvalue weighted by molar-refractivity contribution is 7.93. The Morgan fingerprint density at radius 3 is 2.26 bits per heavy atom. The van der Waals surface area contributed by atoms with E-state index >= 15 is 0 Å². The first-order chi connectivity index (χ1) is 16.6. The van der Waals surface area contributed by atoms with Crippen LogP contribution in [0, 0.1) is 18.6 Å². The number of pyridine rings is 1. The maximum atomic E-state index is 14.8. The van der Waals surface area contributed by atoms with Crippen molar-refractivity contribution in [3.8, 4) is 17.2 Å². The van der Waals surface area contributed by atoms with Crippen molar-refractivity contribution in [2.45, 2.75) is 31.9 Å². The summed E-state index contributed by atoms with van der Waals surface area (Å²) in [5, 5.41) is 7.14. The average molecular weight is 520 g/mol. The lowest BCUT2D eigenvalue weighted by Crippen LogP contribution is -2.31. The zero-order valence-electron chi connectivity index (χ0n) is 18.8. The summed E-state index contributed by atoms with van der Waals surface area (Å²) >= 11 is 5.82. The fourth-order valence-electron chi connectivity index (χ4n) is 3.35. The summed E-state index contributed by atoms with van der Waals surface area (Å²) in [6, 6.07) is 8.29. The highest BCUT2D eigenvalue weighted by Gasteiger charge is 2.32. The van der Waals surface area contributed by atoms with Crippen LogP contribution in [0.25, 0.3) is 17.2 Å². The molecule has 0 bridgehead atoms. The number of nitrogens with one attached hydrogen (secondary N) is 1. The number of benzene rings is 1. The molecule has 35 heavy (non-hydrogen) atoms. The minimum absolute atomic E-state index is 0.0443. The van der Waals surface area contributed by atoms with Crippen molar-refractivity contribution in [1.82, 2.24) is 29.7 Å². The number of nitrogens with zero attached hydrogens (tertiary/aromatic N) is 6. The third-order valence-electron chi connectivity index (χ3n) is 5.42. The minimum atomic E-state index is -4.16. The lowest BCUT2D eigenvalue weighted by atomic mass is 10.1. The van der Waals surface area contributed by atoms with Gasteiger partial charge >= 0.3 is 0 Å². The quantitative estimate of drug-likeness (QED) is 0.387. The fraction of sp³-hybridized carbons (Fsp3) is 0.227. The topological polar surface area (TPSA) is 116 Å². The second-order valence-corrected chi connectivity index (χ2v) is 10.3. The van der Waals surface area contributed by atoms with Gasteiger partial charge in [-0.05, 0) is 38.1 Å². The maximum Gasteiger partial charge on any atom is 0.243 e. The molecule has 182 valence electrons. The Balaban J connectivity index is 1.79. The van der Waals surface area contributed by atoms with Crippen molar-refractivity contribution in [3.63, 3.8) is 0 Å². The zero-order valence-corrected chi connectivity index (χ0v) is 20.4. The van der Waals surface area contributed by atoms with Gasteiger partial charge in [-0.15, -0.1) is 10.2 Å². The summed E-state index contributed by atoms with van der Waals surface area (Å²) in [5.41, 5.74) is 0.329. The lowest BCUT2D eigenvalue weighted by molar-refractivity contribution is 0.564. The molecule has 0 aliphatic rings. The first kappa shape index (κ1) is 24.6. The molecule has 0 unspecified atom stereocenters. The monoisotopic (exact) mass is 519 g/mol. The van der Waals surface area contributed by atoms with Crippen LogP contribution in [-0.2, 0) is 10.0 Å². The van der Waals surface area contributed by atoms with Crippen LogP contribution in [0.5, 0.6) is 0 Å². The van der Waals surface area contributed by atoms with E-state index in [4.69, 9.17) is 11.6 Å². The molecule has 0 spiro atoms. The van der Waals surface area contributed by atoms with E-state index in [2.05, 4.69) is 29.9 Å². The maximum absolute atomic E-state index is 14.8. The SMILES string of the molecule is Cc1cccc(-c2nnc(NS(=O)(=O)[C@@H](C)[C@H](C)c3ncc(Cl)cn3)n2-c2c(F)cccc2F)n1. The molecule has 9 nitrogen and oxygen atoms in total. The molecule has 1 N–H and O–H groups in total. The summed E-state index contributed by atoms with van der Waals surface area (Å²) in [4.78, 5) is 12.5. The van der Waals surface area contributed by atoms with Crippen molar-refractivity contribution in [3.05, 3.63) is 77.0 Å². The number of para-hydroxylation sites is 1. The van der Waals surface area contributed by atoms with Crippen LogP contribution in [-0.4, -0.2) is 43.4 Å². The Hall–Kier alpha value is -3.51. The van der Waals surface area contributed by atoms with Crippen molar-refractivity contribution in [2.24, 2.45) is 0 Å².